The predicted molar refractivity (Wildman–Crippen MR) is 340 cm³/mol. The molecule has 0 saturated heterocycles. The lowest BCUT2D eigenvalue weighted by Crippen LogP contribution is -2.37. The number of esters is 2. The van der Waals surface area contributed by atoms with Crippen LogP contribution in [0.4, 0.5) is 0 Å². The van der Waals surface area contributed by atoms with Crippen molar-refractivity contribution in [2.45, 2.75) is 373 Å². The van der Waals surface area contributed by atoms with Crippen molar-refractivity contribution in [2.24, 2.45) is 0 Å². The van der Waals surface area contributed by atoms with Crippen LogP contribution in [0.5, 0.6) is 0 Å². The van der Waals surface area contributed by atoms with Gasteiger partial charge in [0.2, 0.25) is 0 Å². The number of rotatable bonds is 66. The maximum Gasteiger partial charge on any atom is 0.472 e. The summed E-state index contributed by atoms with van der Waals surface area (Å²) in [6.45, 7) is 4.47. The van der Waals surface area contributed by atoms with E-state index in [2.05, 4.69) is 26.0 Å². The Morgan fingerprint density at radius 3 is 0.937 bits per heavy atom. The fourth-order valence-electron chi connectivity index (χ4n) is 10.7. The lowest BCUT2D eigenvalue weighted by Gasteiger charge is -2.24. The van der Waals surface area contributed by atoms with Crippen molar-refractivity contribution < 1.29 is 42.1 Å². The fourth-order valence-corrected chi connectivity index (χ4v) is 11.4. The van der Waals surface area contributed by atoms with Crippen molar-refractivity contribution >= 4 is 19.8 Å². The summed E-state index contributed by atoms with van der Waals surface area (Å²) in [5.41, 5.74) is 0. The number of allylic oxidation sites excluding steroid dienone is 2. The van der Waals surface area contributed by atoms with Crippen molar-refractivity contribution in [3.05, 3.63) is 12.2 Å². The minimum atomic E-state index is -4.38. The van der Waals surface area contributed by atoms with Gasteiger partial charge in [-0.25, -0.2) is 4.57 Å². The first-order valence-electron chi connectivity index (χ1n) is 34.9. The van der Waals surface area contributed by atoms with Crippen LogP contribution in [-0.2, 0) is 32.7 Å². The highest BCUT2D eigenvalue weighted by Gasteiger charge is 2.27. The van der Waals surface area contributed by atoms with Crippen LogP contribution in [0.15, 0.2) is 12.2 Å². The molecule has 0 aromatic heterocycles. The lowest BCUT2D eigenvalue weighted by atomic mass is 10.0. The molecule has 0 aliphatic heterocycles. The van der Waals surface area contributed by atoms with E-state index >= 15 is 0 Å². The maximum atomic E-state index is 12.8. The van der Waals surface area contributed by atoms with Crippen LogP contribution < -0.4 is 0 Å². The third-order valence-corrected chi connectivity index (χ3v) is 17.0. The second kappa shape index (κ2) is 61.3. The van der Waals surface area contributed by atoms with Crippen LogP contribution in [-0.4, -0.2) is 74.9 Å². The van der Waals surface area contributed by atoms with E-state index in [4.69, 9.17) is 18.5 Å². The van der Waals surface area contributed by atoms with Gasteiger partial charge in [0.25, 0.3) is 0 Å². The van der Waals surface area contributed by atoms with Crippen LogP contribution in [0.25, 0.3) is 0 Å². The number of phosphoric acid groups is 1. The zero-order chi connectivity index (χ0) is 57.7. The molecule has 0 fully saturated rings. The molecule has 0 radical (unpaired) electrons. The lowest BCUT2D eigenvalue weighted by molar-refractivity contribution is -0.870. The number of carbonyl (C=O) groups is 2. The van der Waals surface area contributed by atoms with Gasteiger partial charge in [-0.1, -0.05) is 328 Å². The Kier molecular flexibility index (Phi) is 60.3. The summed E-state index contributed by atoms with van der Waals surface area (Å²) in [4.78, 5) is 35.7. The summed E-state index contributed by atoms with van der Waals surface area (Å²) in [7, 11) is 1.49. The predicted octanol–water partition coefficient (Wildman–Crippen LogP) is 22.3. The summed E-state index contributed by atoms with van der Waals surface area (Å²) in [5.74, 6) is -0.788. The van der Waals surface area contributed by atoms with Crippen molar-refractivity contribution in [1.82, 2.24) is 0 Å². The molecule has 0 amide bonds. The van der Waals surface area contributed by atoms with Gasteiger partial charge in [0.05, 0.1) is 27.7 Å². The summed E-state index contributed by atoms with van der Waals surface area (Å²) < 4.78 is 34.6. The molecule has 470 valence electrons. The van der Waals surface area contributed by atoms with Crippen LogP contribution in [0.3, 0.4) is 0 Å². The number of carbonyl (C=O) groups excluding carboxylic acids is 2. The van der Waals surface area contributed by atoms with E-state index < -0.39 is 26.5 Å². The average Bonchev–Trinajstić information content (AvgIpc) is 3.41. The first-order chi connectivity index (χ1) is 38.5. The van der Waals surface area contributed by atoms with Gasteiger partial charge >= 0.3 is 19.8 Å². The quantitative estimate of drug-likeness (QED) is 0.0211. The number of hydrogen-bond donors (Lipinski definition) is 1. The Bertz CT molecular complexity index is 1340. The first-order valence-corrected chi connectivity index (χ1v) is 36.4. The second-order valence-electron chi connectivity index (χ2n) is 25.3. The van der Waals surface area contributed by atoms with Crippen LogP contribution in [0.1, 0.15) is 367 Å². The first kappa shape index (κ1) is 77.8. The van der Waals surface area contributed by atoms with Gasteiger partial charge in [-0.05, 0) is 38.5 Å². The van der Waals surface area contributed by atoms with Gasteiger partial charge in [0.1, 0.15) is 19.8 Å². The summed E-state index contributed by atoms with van der Waals surface area (Å²) in [5, 5.41) is 0. The monoisotopic (exact) mass is 1140 g/mol. The van der Waals surface area contributed by atoms with E-state index in [1.54, 1.807) is 0 Å². The van der Waals surface area contributed by atoms with Crippen LogP contribution >= 0.6 is 7.82 Å². The van der Waals surface area contributed by atoms with E-state index in [-0.39, 0.29) is 25.6 Å². The molecule has 0 aromatic rings. The molecule has 0 heterocycles. The van der Waals surface area contributed by atoms with Crippen molar-refractivity contribution in [2.75, 3.05) is 47.5 Å². The van der Waals surface area contributed by atoms with Gasteiger partial charge in [-0.2, -0.15) is 0 Å². The minimum Gasteiger partial charge on any atom is -0.462 e. The molecule has 10 heteroatoms. The Labute approximate surface area is 492 Å². The standard InChI is InChI=1S/C69H136NO8P/c1-6-8-10-12-14-16-18-20-22-23-24-25-26-27-28-29-30-31-32-33-34-35-36-37-38-39-40-41-42-43-44-45-46-47-48-50-51-53-55-57-59-61-68(71)75-65-67(66-77-79(73,74)76-64-63-70(3,4)5)78-69(72)62-60-58-56-54-52-49-21-19-17-15-13-11-9-7-2/h19,21,67H,6-18,20,22-66H2,1-5H3/p+1/b21-19-. The van der Waals surface area contributed by atoms with Crippen LogP contribution in [0.2, 0.25) is 0 Å². The molecular weight excluding hydrogens is 1000 g/mol. The zero-order valence-electron chi connectivity index (χ0n) is 53.7. The number of phosphoric ester groups is 1. The number of quaternary nitrogens is 1. The van der Waals surface area contributed by atoms with Crippen molar-refractivity contribution in [3.63, 3.8) is 0 Å². The van der Waals surface area contributed by atoms with E-state index in [1.807, 2.05) is 21.1 Å². The molecule has 0 rings (SSSR count). The van der Waals surface area contributed by atoms with Gasteiger partial charge in [-0.15, -0.1) is 0 Å². The number of likely N-dealkylation sites (N-methyl/N-ethyl adjacent to an activating group) is 1. The smallest absolute Gasteiger partial charge is 0.462 e. The number of ether oxygens (including phenoxy) is 2. The third-order valence-electron chi connectivity index (χ3n) is 16.0. The van der Waals surface area contributed by atoms with Gasteiger partial charge in [0, 0.05) is 12.8 Å². The Hall–Kier alpha value is -1.25. The molecule has 0 aliphatic carbocycles. The molecule has 2 unspecified atom stereocenters. The average molecular weight is 1140 g/mol. The topological polar surface area (TPSA) is 108 Å². The van der Waals surface area contributed by atoms with Gasteiger partial charge < -0.3 is 18.9 Å². The molecule has 0 aliphatic rings. The summed E-state index contributed by atoms with van der Waals surface area (Å²) in [6.07, 6.45) is 75.0. The Morgan fingerprint density at radius 1 is 0.380 bits per heavy atom. The fraction of sp³-hybridized carbons (Fsp3) is 0.942. The number of nitrogens with zero attached hydrogens (tertiary/aromatic N) is 1. The molecule has 0 spiro atoms. The highest BCUT2D eigenvalue weighted by Crippen LogP contribution is 2.43. The molecule has 79 heavy (non-hydrogen) atoms. The summed E-state index contributed by atoms with van der Waals surface area (Å²) >= 11 is 0. The molecule has 0 bridgehead atoms. The molecular formula is C69H137NO8P+. The Balaban J connectivity index is 3.78. The van der Waals surface area contributed by atoms with E-state index in [0.29, 0.717) is 23.9 Å². The van der Waals surface area contributed by atoms with E-state index in [9.17, 15) is 19.0 Å². The van der Waals surface area contributed by atoms with E-state index in [1.165, 1.54) is 283 Å². The molecule has 0 saturated carbocycles. The Morgan fingerprint density at radius 2 is 0.646 bits per heavy atom. The molecule has 9 nitrogen and oxygen atoms in total. The third kappa shape index (κ3) is 65.8. The highest BCUT2D eigenvalue weighted by atomic mass is 31.2. The van der Waals surface area contributed by atoms with Gasteiger partial charge in [-0.3, -0.25) is 18.6 Å². The van der Waals surface area contributed by atoms with Crippen molar-refractivity contribution in [3.8, 4) is 0 Å². The molecule has 1 N–H and O–H groups in total. The normalized spacial score (nSPS) is 13.1. The molecule has 0 aromatic carbocycles. The van der Waals surface area contributed by atoms with Gasteiger partial charge in [0.15, 0.2) is 6.10 Å². The van der Waals surface area contributed by atoms with E-state index in [0.717, 1.165) is 51.4 Å². The summed E-state index contributed by atoms with van der Waals surface area (Å²) in [6, 6.07) is 0. The maximum absolute atomic E-state index is 12.8. The SMILES string of the molecule is CCCCCCC/C=C\CCCCCCCC(=O)OC(COC(=O)CCCCCCCCCCCCCCCCCCCCCCCCCCCCCCCCCCCCCCCCCCC)COP(=O)(O)OCC[N+](C)(C)C. The van der Waals surface area contributed by atoms with Crippen molar-refractivity contribution in [1.29, 1.82) is 0 Å². The number of hydrogen-bond acceptors (Lipinski definition) is 7. The highest BCUT2D eigenvalue weighted by molar-refractivity contribution is 7.47. The largest absolute Gasteiger partial charge is 0.472 e. The minimum absolute atomic E-state index is 0.0337. The number of unbranched alkanes of at least 4 members (excludes halogenated alkanes) is 50. The zero-order valence-corrected chi connectivity index (χ0v) is 54.5. The van der Waals surface area contributed by atoms with Crippen LogP contribution in [0, 0.1) is 0 Å². The molecule has 2 atom stereocenters. The second-order valence-corrected chi connectivity index (χ2v) is 26.7.